The van der Waals surface area contributed by atoms with Gasteiger partial charge in [0.05, 0.1) is 18.4 Å². The predicted molar refractivity (Wildman–Crippen MR) is 79.5 cm³/mol. The van der Waals surface area contributed by atoms with Crippen LogP contribution < -0.4 is 10.6 Å². The highest BCUT2D eigenvalue weighted by molar-refractivity contribution is 5.92. The fourth-order valence-corrected chi connectivity index (χ4v) is 2.32. The van der Waals surface area contributed by atoms with Gasteiger partial charge in [-0.3, -0.25) is 9.59 Å². The highest BCUT2D eigenvalue weighted by atomic mass is 16.5. The number of carbonyl (C=O) groups excluding carboxylic acids is 2. The van der Waals surface area contributed by atoms with E-state index >= 15 is 0 Å². The number of benzene rings is 1. The van der Waals surface area contributed by atoms with E-state index in [2.05, 4.69) is 10.6 Å². The number of carbonyl (C=O) groups is 2. The number of amides is 2. The Hall–Kier alpha value is -1.88. The normalized spacial score (nSPS) is 19.9. The van der Waals surface area contributed by atoms with Gasteiger partial charge in [0.25, 0.3) is 0 Å². The first-order valence-electron chi connectivity index (χ1n) is 7.21. The van der Waals surface area contributed by atoms with Crippen LogP contribution in [-0.2, 0) is 20.9 Å². The van der Waals surface area contributed by atoms with Gasteiger partial charge in [0.15, 0.2) is 0 Å². The maximum atomic E-state index is 12.0. The van der Waals surface area contributed by atoms with Gasteiger partial charge in [-0.25, -0.2) is 0 Å². The first-order valence-corrected chi connectivity index (χ1v) is 7.21. The molecule has 114 valence electrons. The van der Waals surface area contributed by atoms with Crippen LogP contribution in [0.3, 0.4) is 0 Å². The molecule has 5 heteroatoms. The molecule has 1 fully saturated rings. The average Bonchev–Trinajstić information content (AvgIpc) is 3.25. The van der Waals surface area contributed by atoms with Crippen molar-refractivity contribution in [2.75, 3.05) is 20.3 Å². The minimum absolute atomic E-state index is 0.0385. The smallest absolute Gasteiger partial charge is 0.224 e. The van der Waals surface area contributed by atoms with Crippen LogP contribution >= 0.6 is 0 Å². The molecule has 1 saturated carbocycles. The summed E-state index contributed by atoms with van der Waals surface area (Å²) >= 11 is 0. The lowest BCUT2D eigenvalue weighted by Gasteiger charge is -2.06. The van der Waals surface area contributed by atoms with Crippen molar-refractivity contribution in [1.29, 1.82) is 0 Å². The van der Waals surface area contributed by atoms with Gasteiger partial charge >= 0.3 is 0 Å². The van der Waals surface area contributed by atoms with Crippen LogP contribution in [0.2, 0.25) is 0 Å². The number of nitrogens with one attached hydrogen (secondary N) is 2. The van der Waals surface area contributed by atoms with E-state index in [1.807, 2.05) is 31.2 Å². The number of aryl methyl sites for hydroxylation is 1. The summed E-state index contributed by atoms with van der Waals surface area (Å²) in [6.07, 6.45) is 0.637. The molecule has 2 unspecified atom stereocenters. The van der Waals surface area contributed by atoms with E-state index in [0.29, 0.717) is 26.1 Å². The molecule has 21 heavy (non-hydrogen) atoms. The van der Waals surface area contributed by atoms with E-state index < -0.39 is 0 Å². The SMILES string of the molecule is COCCNC(=O)C1CC1C(=O)NCc1cccc(C)c1. The van der Waals surface area contributed by atoms with Crippen LogP contribution in [0.1, 0.15) is 17.5 Å². The first-order chi connectivity index (χ1) is 10.1. The van der Waals surface area contributed by atoms with Crippen LogP contribution in [0, 0.1) is 18.8 Å². The molecule has 1 aliphatic carbocycles. The summed E-state index contributed by atoms with van der Waals surface area (Å²) in [4.78, 5) is 23.8. The molecule has 2 rings (SSSR count). The number of hydrogen-bond donors (Lipinski definition) is 2. The molecule has 0 bridgehead atoms. The highest BCUT2D eigenvalue weighted by Crippen LogP contribution is 2.38. The van der Waals surface area contributed by atoms with Gasteiger partial charge in [0.2, 0.25) is 11.8 Å². The molecule has 0 aliphatic heterocycles. The zero-order valence-electron chi connectivity index (χ0n) is 12.5. The summed E-state index contributed by atoms with van der Waals surface area (Å²) in [5.41, 5.74) is 2.24. The van der Waals surface area contributed by atoms with Crippen LogP contribution in [0.4, 0.5) is 0 Å². The van der Waals surface area contributed by atoms with Crippen molar-refractivity contribution in [3.63, 3.8) is 0 Å². The molecule has 2 atom stereocenters. The van der Waals surface area contributed by atoms with Gasteiger partial charge < -0.3 is 15.4 Å². The van der Waals surface area contributed by atoms with E-state index in [1.165, 1.54) is 5.56 Å². The second-order valence-corrected chi connectivity index (χ2v) is 5.44. The quantitative estimate of drug-likeness (QED) is 0.737. The van der Waals surface area contributed by atoms with Crippen molar-refractivity contribution >= 4 is 11.8 Å². The lowest BCUT2D eigenvalue weighted by molar-refractivity contribution is -0.127. The summed E-state index contributed by atoms with van der Waals surface area (Å²) in [7, 11) is 1.59. The second-order valence-electron chi connectivity index (χ2n) is 5.44. The zero-order valence-corrected chi connectivity index (χ0v) is 12.5. The molecular formula is C16H22N2O3. The van der Waals surface area contributed by atoms with E-state index in [4.69, 9.17) is 4.74 Å². The maximum Gasteiger partial charge on any atom is 0.224 e. The first kappa shape index (κ1) is 15.5. The lowest BCUT2D eigenvalue weighted by Crippen LogP contribution is -2.31. The van der Waals surface area contributed by atoms with Gasteiger partial charge in [0, 0.05) is 20.2 Å². The van der Waals surface area contributed by atoms with Crippen LogP contribution in [-0.4, -0.2) is 32.1 Å². The third-order valence-corrected chi connectivity index (χ3v) is 3.62. The molecule has 5 nitrogen and oxygen atoms in total. The minimum Gasteiger partial charge on any atom is -0.383 e. The van der Waals surface area contributed by atoms with Crippen LogP contribution in [0.15, 0.2) is 24.3 Å². The van der Waals surface area contributed by atoms with E-state index in [1.54, 1.807) is 7.11 Å². The highest BCUT2D eigenvalue weighted by Gasteiger charge is 2.47. The van der Waals surface area contributed by atoms with Crippen molar-refractivity contribution in [1.82, 2.24) is 10.6 Å². The summed E-state index contributed by atoms with van der Waals surface area (Å²) in [5, 5.41) is 5.66. The summed E-state index contributed by atoms with van der Waals surface area (Å²) < 4.78 is 4.87. The Bertz CT molecular complexity index is 516. The Labute approximate surface area is 125 Å². The third kappa shape index (κ3) is 4.56. The average molecular weight is 290 g/mol. The monoisotopic (exact) mass is 290 g/mol. The number of rotatable bonds is 7. The fraction of sp³-hybridized carbons (Fsp3) is 0.500. The molecule has 1 aromatic carbocycles. The van der Waals surface area contributed by atoms with Crippen molar-refractivity contribution in [2.45, 2.75) is 19.9 Å². The Morgan fingerprint density at radius 3 is 2.62 bits per heavy atom. The predicted octanol–water partition coefficient (Wildman–Crippen LogP) is 1.01. The Morgan fingerprint density at radius 2 is 1.95 bits per heavy atom. The summed E-state index contributed by atoms with van der Waals surface area (Å²) in [5.74, 6) is -0.456. The van der Waals surface area contributed by atoms with E-state index in [0.717, 1.165) is 5.56 Å². The van der Waals surface area contributed by atoms with Crippen molar-refractivity contribution < 1.29 is 14.3 Å². The lowest BCUT2D eigenvalue weighted by atomic mass is 10.1. The number of ether oxygens (including phenoxy) is 1. The molecule has 2 amide bonds. The van der Waals surface area contributed by atoms with Crippen molar-refractivity contribution in [3.8, 4) is 0 Å². The van der Waals surface area contributed by atoms with Gasteiger partial charge in [-0.1, -0.05) is 29.8 Å². The number of hydrogen-bond acceptors (Lipinski definition) is 3. The van der Waals surface area contributed by atoms with Crippen LogP contribution in [0.25, 0.3) is 0 Å². The molecular weight excluding hydrogens is 268 g/mol. The maximum absolute atomic E-state index is 12.0. The molecule has 1 aliphatic rings. The molecule has 0 saturated heterocycles. The number of methoxy groups -OCH3 is 1. The minimum atomic E-state index is -0.183. The fourth-order valence-electron chi connectivity index (χ4n) is 2.32. The molecule has 1 aromatic rings. The standard InChI is InChI=1S/C16H22N2O3/c1-11-4-3-5-12(8-11)10-18-16(20)14-9-13(14)15(19)17-6-7-21-2/h3-5,8,13-14H,6-7,9-10H2,1-2H3,(H,17,19)(H,18,20). The van der Waals surface area contributed by atoms with E-state index in [-0.39, 0.29) is 23.7 Å². The van der Waals surface area contributed by atoms with Gasteiger partial charge in [0.1, 0.15) is 0 Å². The third-order valence-electron chi connectivity index (χ3n) is 3.62. The van der Waals surface area contributed by atoms with Crippen molar-refractivity contribution in [2.24, 2.45) is 11.8 Å². The molecule has 0 radical (unpaired) electrons. The summed E-state index contributed by atoms with van der Waals surface area (Å²) in [6, 6.07) is 8.02. The molecule has 0 aromatic heterocycles. The Balaban J connectivity index is 1.72. The largest absolute Gasteiger partial charge is 0.383 e. The van der Waals surface area contributed by atoms with Gasteiger partial charge in [-0.15, -0.1) is 0 Å². The van der Waals surface area contributed by atoms with Gasteiger partial charge in [-0.2, -0.15) is 0 Å². The van der Waals surface area contributed by atoms with E-state index in [9.17, 15) is 9.59 Å². The van der Waals surface area contributed by atoms with Crippen LogP contribution in [0.5, 0.6) is 0 Å². The molecule has 0 heterocycles. The zero-order chi connectivity index (χ0) is 15.2. The Kier molecular flexibility index (Phi) is 5.33. The van der Waals surface area contributed by atoms with Gasteiger partial charge in [-0.05, 0) is 18.9 Å². The van der Waals surface area contributed by atoms with Crippen molar-refractivity contribution in [3.05, 3.63) is 35.4 Å². The summed E-state index contributed by atoms with van der Waals surface area (Å²) in [6.45, 7) is 3.51. The Morgan fingerprint density at radius 1 is 1.24 bits per heavy atom. The molecule has 2 N–H and O–H groups in total. The molecule has 0 spiro atoms. The topological polar surface area (TPSA) is 67.4 Å². The second kappa shape index (κ2) is 7.22.